The summed E-state index contributed by atoms with van der Waals surface area (Å²) < 4.78 is 0. The summed E-state index contributed by atoms with van der Waals surface area (Å²) in [5, 5.41) is 30.2. The molecule has 0 spiro atoms. The molecule has 140 valence electrons. The Morgan fingerprint density at radius 3 is 1.73 bits per heavy atom. The number of carboxylic acid groups (broad SMARTS) is 1. The maximum absolute atomic E-state index is 12.2. The molecule has 26 heavy (non-hydrogen) atoms. The molecule has 7 nitrogen and oxygen atoms in total. The highest BCUT2D eigenvalue weighted by molar-refractivity contribution is 5.87. The Kier molecular flexibility index (Phi) is 7.89. The van der Waals surface area contributed by atoms with Gasteiger partial charge in [-0.1, -0.05) is 24.3 Å². The van der Waals surface area contributed by atoms with Crippen LogP contribution in [0.25, 0.3) is 0 Å². The Hall–Kier alpha value is -2.77. The highest BCUT2D eigenvalue weighted by atomic mass is 35.5. The third-order valence-electron chi connectivity index (χ3n) is 3.72. The monoisotopic (exact) mass is 380 g/mol. The van der Waals surface area contributed by atoms with E-state index in [1.54, 1.807) is 24.3 Å². The van der Waals surface area contributed by atoms with Crippen LogP contribution in [0.2, 0.25) is 0 Å². The SMILES string of the molecule is Cl.N[C@@H](Cc1ccc(O)cc1)C(=O)N[C@@H](Cc1ccc(O)cc1)C(=O)O. The minimum atomic E-state index is -1.17. The van der Waals surface area contributed by atoms with E-state index >= 15 is 0 Å². The Morgan fingerprint density at radius 2 is 1.31 bits per heavy atom. The molecule has 1 amide bonds. The molecule has 2 atom stereocenters. The largest absolute Gasteiger partial charge is 0.508 e. The molecule has 0 aliphatic rings. The standard InChI is InChI=1S/C18H20N2O5.ClH/c19-15(9-11-1-5-13(21)6-2-11)17(23)20-16(18(24)25)10-12-3-7-14(22)8-4-12;/h1-8,15-16,21-22H,9-10,19H2,(H,20,23)(H,24,25);1H/t15-,16-;/m0./s1. The number of nitrogens with two attached hydrogens (primary N) is 1. The first-order valence-corrected chi connectivity index (χ1v) is 7.69. The second kappa shape index (κ2) is 9.65. The van der Waals surface area contributed by atoms with Crippen molar-refractivity contribution in [3.05, 3.63) is 59.7 Å². The number of amides is 1. The quantitative estimate of drug-likeness (QED) is 0.490. The van der Waals surface area contributed by atoms with E-state index in [0.29, 0.717) is 5.56 Å². The summed E-state index contributed by atoms with van der Waals surface area (Å²) in [4.78, 5) is 23.6. The summed E-state index contributed by atoms with van der Waals surface area (Å²) in [6.45, 7) is 0. The van der Waals surface area contributed by atoms with Gasteiger partial charge in [-0.15, -0.1) is 12.4 Å². The molecule has 0 aliphatic carbocycles. The van der Waals surface area contributed by atoms with Gasteiger partial charge in [-0.2, -0.15) is 0 Å². The molecule has 0 fully saturated rings. The molecule has 0 aliphatic heterocycles. The zero-order valence-electron chi connectivity index (χ0n) is 13.8. The number of aromatic hydroxyl groups is 2. The number of nitrogens with one attached hydrogen (secondary N) is 1. The van der Waals surface area contributed by atoms with Crippen molar-refractivity contribution in [3.8, 4) is 11.5 Å². The number of carbonyl (C=O) groups excluding carboxylic acids is 1. The van der Waals surface area contributed by atoms with Crippen molar-refractivity contribution in [2.45, 2.75) is 24.9 Å². The van der Waals surface area contributed by atoms with Crippen LogP contribution in [0.1, 0.15) is 11.1 Å². The van der Waals surface area contributed by atoms with E-state index in [0.717, 1.165) is 5.56 Å². The molecular weight excluding hydrogens is 360 g/mol. The summed E-state index contributed by atoms with van der Waals surface area (Å²) in [5.41, 5.74) is 7.27. The number of halogens is 1. The van der Waals surface area contributed by atoms with Gasteiger partial charge in [0.1, 0.15) is 17.5 Å². The number of phenolic OH excluding ortho intramolecular Hbond substituents is 2. The molecule has 0 radical (unpaired) electrons. The second-order valence-electron chi connectivity index (χ2n) is 5.75. The normalized spacial score (nSPS) is 12.5. The molecule has 2 aromatic carbocycles. The molecule has 0 aromatic heterocycles. The summed E-state index contributed by atoms with van der Waals surface area (Å²) >= 11 is 0. The number of carboxylic acids is 1. The topological polar surface area (TPSA) is 133 Å². The average Bonchev–Trinajstić information content (AvgIpc) is 2.58. The molecule has 0 bridgehead atoms. The van der Waals surface area contributed by atoms with Gasteiger partial charge in [0.2, 0.25) is 5.91 Å². The van der Waals surface area contributed by atoms with Gasteiger partial charge < -0.3 is 26.4 Å². The summed E-state index contributed by atoms with van der Waals surface area (Å²) in [6, 6.07) is 10.3. The van der Waals surface area contributed by atoms with Gasteiger partial charge in [0, 0.05) is 6.42 Å². The van der Waals surface area contributed by atoms with E-state index in [2.05, 4.69) is 5.32 Å². The van der Waals surface area contributed by atoms with Gasteiger partial charge in [-0.05, 0) is 41.8 Å². The van der Waals surface area contributed by atoms with Crippen molar-refractivity contribution in [1.82, 2.24) is 5.32 Å². The first-order chi connectivity index (χ1) is 11.8. The Labute approximate surface area is 156 Å². The predicted octanol–water partition coefficient (Wildman–Crippen LogP) is 1.20. The van der Waals surface area contributed by atoms with Crippen LogP contribution in [0.15, 0.2) is 48.5 Å². The van der Waals surface area contributed by atoms with Crippen molar-refractivity contribution in [2.24, 2.45) is 5.73 Å². The molecule has 0 saturated carbocycles. The Bertz CT molecular complexity index is 734. The number of benzene rings is 2. The molecule has 0 heterocycles. The van der Waals surface area contributed by atoms with Crippen LogP contribution >= 0.6 is 12.4 Å². The number of hydrogen-bond acceptors (Lipinski definition) is 5. The maximum Gasteiger partial charge on any atom is 0.326 e. The zero-order chi connectivity index (χ0) is 18.4. The van der Waals surface area contributed by atoms with Crippen LogP contribution in [0, 0.1) is 0 Å². The minimum Gasteiger partial charge on any atom is -0.508 e. The van der Waals surface area contributed by atoms with Crippen LogP contribution < -0.4 is 11.1 Å². The second-order valence-corrected chi connectivity index (χ2v) is 5.75. The van der Waals surface area contributed by atoms with Gasteiger partial charge in [0.05, 0.1) is 6.04 Å². The van der Waals surface area contributed by atoms with Crippen LogP contribution in [-0.2, 0) is 22.4 Å². The molecule has 6 N–H and O–H groups in total. The van der Waals surface area contributed by atoms with E-state index in [1.165, 1.54) is 24.3 Å². The van der Waals surface area contributed by atoms with Gasteiger partial charge >= 0.3 is 5.97 Å². The van der Waals surface area contributed by atoms with Gasteiger partial charge in [0.25, 0.3) is 0 Å². The van der Waals surface area contributed by atoms with E-state index in [9.17, 15) is 24.9 Å². The molecule has 2 rings (SSSR count). The van der Waals surface area contributed by atoms with Gasteiger partial charge in [-0.3, -0.25) is 4.79 Å². The average molecular weight is 381 g/mol. The fourth-order valence-corrected chi connectivity index (χ4v) is 2.33. The van der Waals surface area contributed by atoms with Crippen LogP contribution in [0.5, 0.6) is 11.5 Å². The number of aliphatic carboxylic acids is 1. The van der Waals surface area contributed by atoms with Crippen molar-refractivity contribution < 1.29 is 24.9 Å². The Balaban J connectivity index is 0.00000338. The first-order valence-electron chi connectivity index (χ1n) is 7.69. The summed E-state index contributed by atoms with van der Waals surface area (Å²) in [7, 11) is 0. The minimum absolute atomic E-state index is 0. The molecule has 8 heteroatoms. The van der Waals surface area contributed by atoms with Gasteiger partial charge in [0.15, 0.2) is 0 Å². The van der Waals surface area contributed by atoms with Crippen molar-refractivity contribution in [3.63, 3.8) is 0 Å². The van der Waals surface area contributed by atoms with E-state index in [1.807, 2.05) is 0 Å². The third kappa shape index (κ3) is 6.27. The number of carbonyl (C=O) groups is 2. The van der Waals surface area contributed by atoms with Gasteiger partial charge in [-0.25, -0.2) is 4.79 Å². The number of hydrogen-bond donors (Lipinski definition) is 5. The summed E-state index contributed by atoms with van der Waals surface area (Å²) in [5.74, 6) is -1.55. The predicted molar refractivity (Wildman–Crippen MR) is 98.4 cm³/mol. The zero-order valence-corrected chi connectivity index (χ0v) is 14.6. The fourth-order valence-electron chi connectivity index (χ4n) is 2.33. The maximum atomic E-state index is 12.2. The molecular formula is C18H21ClN2O5. The molecule has 2 aromatic rings. The number of phenols is 2. The van der Waals surface area contributed by atoms with Crippen LogP contribution in [0.3, 0.4) is 0 Å². The van der Waals surface area contributed by atoms with Crippen molar-refractivity contribution in [1.29, 1.82) is 0 Å². The highest BCUT2D eigenvalue weighted by Gasteiger charge is 2.23. The van der Waals surface area contributed by atoms with E-state index < -0.39 is 24.0 Å². The Morgan fingerprint density at radius 1 is 0.885 bits per heavy atom. The molecule has 0 saturated heterocycles. The lowest BCUT2D eigenvalue weighted by Crippen LogP contribution is -2.50. The first kappa shape index (κ1) is 21.3. The lowest BCUT2D eigenvalue weighted by atomic mass is 10.0. The fraction of sp³-hybridized carbons (Fsp3) is 0.222. The summed E-state index contributed by atoms with van der Waals surface area (Å²) in [6.07, 6.45) is 0.297. The highest BCUT2D eigenvalue weighted by Crippen LogP contribution is 2.13. The number of rotatable bonds is 7. The van der Waals surface area contributed by atoms with Crippen LogP contribution in [0.4, 0.5) is 0 Å². The van der Waals surface area contributed by atoms with E-state index in [4.69, 9.17) is 5.73 Å². The van der Waals surface area contributed by atoms with Crippen molar-refractivity contribution in [2.75, 3.05) is 0 Å². The third-order valence-corrected chi connectivity index (χ3v) is 3.72. The smallest absolute Gasteiger partial charge is 0.326 e. The van der Waals surface area contributed by atoms with Crippen molar-refractivity contribution >= 4 is 24.3 Å². The molecule has 0 unspecified atom stereocenters. The van der Waals surface area contributed by atoms with Crippen LogP contribution in [-0.4, -0.2) is 39.3 Å². The van der Waals surface area contributed by atoms with E-state index in [-0.39, 0.29) is 36.7 Å². The lowest BCUT2D eigenvalue weighted by molar-refractivity contribution is -0.141. The lowest BCUT2D eigenvalue weighted by Gasteiger charge is -2.18.